The maximum absolute atomic E-state index is 15.1. The molecule has 0 saturated carbocycles. The SMILES string of the molecule is CC(C)[C@H](NC(=O)[C@@H]1CSSC[C@H](NC(=O)[C@H](CC(=O)O)NC(=O)[C@@H]2CCCN2C(=O)[C@@H](NC(=O)[C@H](C)N)[C@@H](C)O)C(=O)N[C@@H](Cc2ccccc2)C(=O)N[C@@H](Cc2c[nH]c3ccccc23)C(=O)N[C@@H](CCCCN)C(=O)N[C@@H](Cc2ccc(O)cc2)C(=O)N1)C(=O)O. The summed E-state index contributed by atoms with van der Waals surface area (Å²) in [4.78, 5) is 173. The lowest BCUT2D eigenvalue weighted by atomic mass is 10.0. The largest absolute Gasteiger partial charge is 0.508 e. The highest BCUT2D eigenvalue weighted by molar-refractivity contribution is 8.76. The molecule has 31 heteroatoms. The number of likely N-dealkylation sites (tertiary alicyclic amines) is 1. The normalized spacial score (nSPS) is 22.0. The number of phenols is 1. The molecule has 4 aromatic rings. The van der Waals surface area contributed by atoms with E-state index in [-0.39, 0.29) is 69.5 Å². The fourth-order valence-corrected chi connectivity index (χ4v) is 12.8. The average molecular weight is 1330 g/mol. The van der Waals surface area contributed by atoms with Crippen LogP contribution in [0.25, 0.3) is 10.9 Å². The quantitative estimate of drug-likeness (QED) is 0.0287. The molecule has 1 aromatic heterocycles. The molecule has 2 aliphatic rings. The summed E-state index contributed by atoms with van der Waals surface area (Å²) >= 11 is 0. The number of carboxylic acid groups (broad SMARTS) is 2. The maximum Gasteiger partial charge on any atom is 0.326 e. The molecule has 29 nitrogen and oxygen atoms in total. The van der Waals surface area contributed by atoms with Crippen LogP contribution in [0, 0.1) is 5.92 Å². The molecule has 504 valence electrons. The Hall–Kier alpha value is -8.78. The van der Waals surface area contributed by atoms with Crippen LogP contribution in [0.4, 0.5) is 0 Å². The van der Waals surface area contributed by atoms with Crippen molar-refractivity contribution in [3.63, 3.8) is 0 Å². The first-order valence-corrected chi connectivity index (χ1v) is 33.0. The van der Waals surface area contributed by atoms with Crippen molar-refractivity contribution in [2.24, 2.45) is 17.4 Å². The third kappa shape index (κ3) is 21.7. The van der Waals surface area contributed by atoms with Gasteiger partial charge >= 0.3 is 11.9 Å². The maximum atomic E-state index is 15.1. The summed E-state index contributed by atoms with van der Waals surface area (Å²) in [6.07, 6.45) is -0.644. The van der Waals surface area contributed by atoms with Gasteiger partial charge in [-0.05, 0) is 93.3 Å². The van der Waals surface area contributed by atoms with Gasteiger partial charge in [0.2, 0.25) is 59.1 Å². The number of H-pyrrole nitrogens is 1. The van der Waals surface area contributed by atoms with Crippen LogP contribution in [0.1, 0.15) is 82.9 Å². The van der Waals surface area contributed by atoms with Crippen molar-refractivity contribution in [1.82, 2.24) is 57.7 Å². The molecule has 2 aliphatic heterocycles. The Morgan fingerprint density at radius 2 is 1.24 bits per heavy atom. The number of phenolic OH excluding ortho intramolecular Hbond substituents is 1. The number of fused-ring (bicyclic) bond motifs is 1. The van der Waals surface area contributed by atoms with E-state index in [0.717, 1.165) is 26.5 Å². The van der Waals surface area contributed by atoms with Crippen molar-refractivity contribution in [2.75, 3.05) is 24.6 Å². The number of carboxylic acids is 2. The number of nitrogens with zero attached hydrogens (tertiary/aromatic N) is 1. The number of para-hydroxylation sites is 1. The van der Waals surface area contributed by atoms with E-state index in [1.165, 1.54) is 38.1 Å². The van der Waals surface area contributed by atoms with E-state index in [4.69, 9.17) is 11.5 Å². The number of rotatable bonds is 24. The first-order chi connectivity index (χ1) is 44.2. The lowest BCUT2D eigenvalue weighted by Crippen LogP contribution is -2.62. The molecule has 0 radical (unpaired) electrons. The smallest absolute Gasteiger partial charge is 0.326 e. The molecule has 0 bridgehead atoms. The van der Waals surface area contributed by atoms with Gasteiger partial charge in [-0.25, -0.2) is 4.79 Å². The number of aliphatic hydroxyl groups is 1. The van der Waals surface area contributed by atoms with Crippen LogP contribution in [0.5, 0.6) is 5.75 Å². The Morgan fingerprint density at radius 1 is 0.656 bits per heavy atom. The highest BCUT2D eigenvalue weighted by Crippen LogP contribution is 2.26. The lowest BCUT2D eigenvalue weighted by Gasteiger charge is -2.31. The second-order valence-electron chi connectivity index (χ2n) is 23.3. The number of amides is 10. The number of aromatic amines is 1. The van der Waals surface area contributed by atoms with E-state index in [2.05, 4.69) is 52.8 Å². The number of aromatic nitrogens is 1. The van der Waals surface area contributed by atoms with Crippen molar-refractivity contribution >= 4 is 104 Å². The predicted molar refractivity (Wildman–Crippen MR) is 344 cm³/mol. The molecule has 3 aromatic carbocycles. The average Bonchev–Trinajstić information content (AvgIpc) is 1.77. The number of aliphatic carboxylic acids is 2. The second-order valence-corrected chi connectivity index (χ2v) is 25.8. The number of nitrogens with one attached hydrogen (secondary N) is 10. The van der Waals surface area contributed by atoms with Crippen LogP contribution in [0.15, 0.2) is 85.1 Å². The van der Waals surface area contributed by atoms with Gasteiger partial charge in [-0.2, -0.15) is 0 Å². The molecular formula is C62H83N13O16S2. The zero-order valence-corrected chi connectivity index (χ0v) is 53.5. The molecule has 2 fully saturated rings. The molecule has 12 atom stereocenters. The van der Waals surface area contributed by atoms with Crippen molar-refractivity contribution in [2.45, 2.75) is 158 Å². The second kappa shape index (κ2) is 35.3. The monoisotopic (exact) mass is 1330 g/mol. The number of carbonyl (C=O) groups excluding carboxylic acids is 10. The highest BCUT2D eigenvalue weighted by atomic mass is 33.1. The van der Waals surface area contributed by atoms with Gasteiger partial charge in [0.05, 0.1) is 18.6 Å². The van der Waals surface area contributed by atoms with Crippen LogP contribution < -0.4 is 59.3 Å². The van der Waals surface area contributed by atoms with Gasteiger partial charge in [0, 0.05) is 54.4 Å². The van der Waals surface area contributed by atoms with Gasteiger partial charge in [0.15, 0.2) is 0 Å². The molecular weight excluding hydrogens is 1250 g/mol. The third-order valence-electron chi connectivity index (χ3n) is 15.6. The number of hydrogen-bond acceptors (Lipinski definition) is 18. The fraction of sp³-hybridized carbons (Fsp3) is 0.484. The standard InChI is InChI=1S/C62H83N13O16S2/c1-32(2)50(62(90)91)73-59(87)47-31-93-92-30-46(71-57(85)45(28-49(78)79)70-60(88)48-18-12-24-75(48)61(89)51(34(4)76)74-52(80)33(3)64)58(86)68-42(25-35-13-6-5-7-14-35)54(82)69-44(27-37-29-65-40-16-9-8-15-39(37)40)56(84)66-41(17-10-11-23-63)53(81)67-43(55(83)72-47)26-36-19-21-38(77)22-20-36/h5-9,13-16,19-22,29,32-34,41-48,50-51,65,76-77H,10-12,17-18,23-28,30-31,63-64H2,1-4H3,(H,66,84)(H,67,81)(H,68,86)(H,69,82)(H,70,88)(H,71,85)(H,72,83)(H,73,87)(H,74,80)(H,78,79)(H,90,91)/t33-,34+,41-,42-,43-,44-,45-,46-,47-,48-,50-,51-/m0/s1. The number of aliphatic hydroxyl groups excluding tert-OH is 1. The molecule has 10 amide bonds. The van der Waals surface area contributed by atoms with E-state index < -0.39 is 162 Å². The molecule has 0 aliphatic carbocycles. The minimum atomic E-state index is -1.95. The molecule has 2 saturated heterocycles. The number of aromatic hydroxyl groups is 1. The van der Waals surface area contributed by atoms with Crippen LogP contribution >= 0.6 is 21.6 Å². The summed E-state index contributed by atoms with van der Waals surface area (Å²) in [5, 5.41) is 65.0. The number of carbonyl (C=O) groups is 12. The van der Waals surface area contributed by atoms with Crippen LogP contribution in [-0.2, 0) is 76.8 Å². The Bertz CT molecular complexity index is 3300. The third-order valence-corrected chi connectivity index (χ3v) is 18.0. The van der Waals surface area contributed by atoms with Gasteiger partial charge in [0.25, 0.3) is 0 Å². The first-order valence-electron chi connectivity index (χ1n) is 30.5. The van der Waals surface area contributed by atoms with Gasteiger partial charge in [0.1, 0.15) is 66.2 Å². The summed E-state index contributed by atoms with van der Waals surface area (Å²) in [7, 11) is 1.70. The van der Waals surface area contributed by atoms with E-state index in [1.54, 1.807) is 74.6 Å². The van der Waals surface area contributed by atoms with E-state index in [9.17, 15) is 63.6 Å². The van der Waals surface area contributed by atoms with E-state index in [0.29, 0.717) is 34.0 Å². The number of hydrogen-bond donors (Lipinski definition) is 16. The molecule has 18 N–H and O–H groups in total. The van der Waals surface area contributed by atoms with Crippen molar-refractivity contribution in [1.29, 1.82) is 0 Å². The van der Waals surface area contributed by atoms with Gasteiger partial charge in [-0.15, -0.1) is 0 Å². The Balaban J connectivity index is 1.43. The van der Waals surface area contributed by atoms with E-state index >= 15 is 14.4 Å². The molecule has 3 heterocycles. The minimum absolute atomic E-state index is 0.0117. The van der Waals surface area contributed by atoms with Gasteiger partial charge < -0.3 is 89.6 Å². The number of nitrogens with two attached hydrogens (primary N) is 2. The lowest BCUT2D eigenvalue weighted by molar-refractivity contribution is -0.145. The Labute approximate surface area is 544 Å². The zero-order chi connectivity index (χ0) is 68.1. The molecule has 6 rings (SSSR count). The summed E-state index contributed by atoms with van der Waals surface area (Å²) in [5.74, 6) is -14.1. The van der Waals surface area contributed by atoms with Crippen molar-refractivity contribution in [3.8, 4) is 5.75 Å². The zero-order valence-electron chi connectivity index (χ0n) is 51.9. The van der Waals surface area contributed by atoms with Crippen molar-refractivity contribution < 1.29 is 78.0 Å². The minimum Gasteiger partial charge on any atom is -0.508 e. The Kier molecular flexibility index (Phi) is 27.8. The first kappa shape index (κ1) is 73.3. The number of unbranched alkanes of at least 4 members (excludes halogenated alkanes) is 1. The fourth-order valence-electron chi connectivity index (χ4n) is 10.4. The summed E-state index contributed by atoms with van der Waals surface area (Å²) in [6, 6.07) is 4.55. The summed E-state index contributed by atoms with van der Waals surface area (Å²) < 4.78 is 0. The summed E-state index contributed by atoms with van der Waals surface area (Å²) in [6.45, 7) is 5.84. The number of benzene rings is 3. The van der Waals surface area contributed by atoms with Crippen LogP contribution in [0.2, 0.25) is 0 Å². The molecule has 93 heavy (non-hydrogen) atoms. The topological polar surface area (TPSA) is 465 Å². The summed E-state index contributed by atoms with van der Waals surface area (Å²) in [5.41, 5.74) is 13.8. The van der Waals surface area contributed by atoms with Crippen molar-refractivity contribution in [3.05, 3.63) is 102 Å². The molecule has 0 unspecified atom stereocenters. The van der Waals surface area contributed by atoms with Gasteiger partial charge in [-0.1, -0.05) is 96.1 Å². The predicted octanol–water partition coefficient (Wildman–Crippen LogP) is -1.28. The van der Waals surface area contributed by atoms with E-state index in [1.807, 2.05) is 0 Å². The van der Waals surface area contributed by atoms with Gasteiger partial charge in [-0.3, -0.25) is 52.7 Å². The Morgan fingerprint density at radius 3 is 1.85 bits per heavy atom. The molecule has 0 spiro atoms. The highest BCUT2D eigenvalue weighted by Gasteiger charge is 2.42. The van der Waals surface area contributed by atoms with Crippen LogP contribution in [-0.4, -0.2) is 198 Å². The van der Waals surface area contributed by atoms with Crippen LogP contribution in [0.3, 0.4) is 0 Å².